The summed E-state index contributed by atoms with van der Waals surface area (Å²) in [5.74, 6) is -9.34. The van der Waals surface area contributed by atoms with E-state index in [1.807, 2.05) is 0 Å². The van der Waals surface area contributed by atoms with Crippen LogP contribution in [0.4, 0.5) is 17.6 Å². The Morgan fingerprint density at radius 2 is 1.53 bits per heavy atom. The van der Waals surface area contributed by atoms with Crippen LogP contribution in [-0.2, 0) is 21.5 Å². The molecule has 0 aromatic heterocycles. The first-order chi connectivity index (χ1) is 7.59. The minimum atomic E-state index is -5.51. The van der Waals surface area contributed by atoms with E-state index in [4.69, 9.17) is 4.55 Å². The molecule has 0 saturated heterocycles. The molecule has 0 saturated carbocycles. The molecule has 0 fully saturated rings. The summed E-state index contributed by atoms with van der Waals surface area (Å²) in [6.45, 7) is 0. The lowest BCUT2D eigenvalue weighted by Crippen LogP contribution is -2.21. The summed E-state index contributed by atoms with van der Waals surface area (Å²) in [6, 6.07) is 0. The van der Waals surface area contributed by atoms with E-state index in [0.717, 1.165) is 0 Å². The zero-order chi connectivity index (χ0) is 13.5. The van der Waals surface area contributed by atoms with Crippen molar-refractivity contribution >= 4 is 21.5 Å². The zero-order valence-corrected chi connectivity index (χ0v) is 9.21. The molecule has 0 aliphatic rings. The van der Waals surface area contributed by atoms with Gasteiger partial charge in [-0.15, -0.1) is 5.14 Å². The van der Waals surface area contributed by atoms with Crippen LogP contribution in [0, 0.1) is 23.3 Å². The molecule has 1 rings (SSSR count). The van der Waals surface area contributed by atoms with Crippen molar-refractivity contribution in [3.8, 4) is 0 Å². The van der Waals surface area contributed by atoms with Crippen molar-refractivity contribution in [3.63, 3.8) is 0 Å². The Bertz CT molecular complexity index is 574. The summed E-state index contributed by atoms with van der Waals surface area (Å²) in [7, 11) is -5.51. The quantitative estimate of drug-likeness (QED) is 0.271. The van der Waals surface area contributed by atoms with Crippen LogP contribution < -0.4 is 5.14 Å². The van der Waals surface area contributed by atoms with E-state index < -0.39 is 54.5 Å². The fourth-order valence-corrected chi connectivity index (χ4v) is 2.25. The topological polar surface area (TPSA) is 103 Å². The van der Waals surface area contributed by atoms with Gasteiger partial charge in [-0.05, 0) is 0 Å². The molecule has 0 aliphatic carbocycles. The average Bonchev–Trinajstić information content (AvgIpc) is 2.11. The highest BCUT2D eigenvalue weighted by Crippen LogP contribution is 2.29. The Morgan fingerprint density at radius 3 is 1.88 bits per heavy atom. The Morgan fingerprint density at radius 1 is 1.06 bits per heavy atom. The first-order valence-electron chi connectivity index (χ1n) is 3.58. The molecular weight excluding hydrogens is 290 g/mol. The highest BCUT2D eigenvalue weighted by Gasteiger charge is 2.36. The van der Waals surface area contributed by atoms with Crippen molar-refractivity contribution in [1.82, 2.24) is 0 Å². The molecular formula is C6H3F4NO4S2. The van der Waals surface area contributed by atoms with E-state index >= 15 is 0 Å². The highest BCUT2D eigenvalue weighted by molar-refractivity contribution is 7.89. The van der Waals surface area contributed by atoms with E-state index in [0.29, 0.717) is 0 Å². The van der Waals surface area contributed by atoms with E-state index in [1.165, 1.54) is 0 Å². The van der Waals surface area contributed by atoms with Gasteiger partial charge >= 0.3 is 10.1 Å². The van der Waals surface area contributed by atoms with Crippen molar-refractivity contribution < 1.29 is 35.1 Å². The van der Waals surface area contributed by atoms with E-state index in [9.17, 15) is 30.5 Å². The third-order valence-corrected chi connectivity index (χ3v) is 3.28. The molecule has 96 valence electrons. The average molecular weight is 293 g/mol. The van der Waals surface area contributed by atoms with Crippen molar-refractivity contribution in [2.24, 2.45) is 5.14 Å². The second-order valence-corrected chi connectivity index (χ2v) is 5.05. The first kappa shape index (κ1) is 14.2. The maximum atomic E-state index is 13.3. The fraction of sp³-hybridized carbons (Fsp3) is 0. The van der Waals surface area contributed by atoms with Gasteiger partial charge in [0, 0.05) is 0 Å². The highest BCUT2D eigenvalue weighted by atomic mass is 32.2. The molecule has 11 heteroatoms. The summed E-state index contributed by atoms with van der Waals surface area (Å²) in [5.41, 5.74) is 0. The lowest BCUT2D eigenvalue weighted by Gasteiger charge is -2.09. The normalized spacial score (nSPS) is 13.8. The number of benzene rings is 1. The van der Waals surface area contributed by atoms with Gasteiger partial charge in [0.2, 0.25) is 22.3 Å². The van der Waals surface area contributed by atoms with E-state index in [2.05, 4.69) is 5.14 Å². The molecule has 0 amide bonds. The molecule has 1 unspecified atom stereocenters. The molecule has 0 heterocycles. The molecule has 1 aromatic rings. The van der Waals surface area contributed by atoms with Crippen LogP contribution in [0.5, 0.6) is 0 Å². The molecule has 0 bridgehead atoms. The summed E-state index contributed by atoms with van der Waals surface area (Å²) in [4.78, 5) is -3.83. The third-order valence-electron chi connectivity index (χ3n) is 1.64. The zero-order valence-electron chi connectivity index (χ0n) is 7.58. The van der Waals surface area contributed by atoms with Gasteiger partial charge in [0.1, 0.15) is 0 Å². The van der Waals surface area contributed by atoms with E-state index in [1.54, 1.807) is 0 Å². The molecule has 1 aromatic carbocycles. The largest absolute Gasteiger partial charge is 0.593 e. The van der Waals surface area contributed by atoms with Crippen LogP contribution in [0.15, 0.2) is 9.79 Å². The number of hydrogen-bond donors (Lipinski definition) is 2. The second kappa shape index (κ2) is 4.42. The second-order valence-electron chi connectivity index (χ2n) is 2.69. The minimum absolute atomic E-state index is 1.68. The van der Waals surface area contributed by atoms with Gasteiger partial charge in [-0.3, -0.25) is 4.55 Å². The van der Waals surface area contributed by atoms with Crippen LogP contribution >= 0.6 is 0 Å². The predicted octanol–water partition coefficient (Wildman–Crippen LogP) is 0.471. The summed E-state index contributed by atoms with van der Waals surface area (Å²) in [5, 5.41) is 4.57. The lowest BCUT2D eigenvalue weighted by molar-refractivity contribution is 0.379. The third kappa shape index (κ3) is 2.37. The monoisotopic (exact) mass is 293 g/mol. The number of rotatable bonds is 2. The van der Waals surface area contributed by atoms with Crippen molar-refractivity contribution in [2.45, 2.75) is 9.79 Å². The van der Waals surface area contributed by atoms with Crippen LogP contribution in [0.2, 0.25) is 0 Å². The smallest absolute Gasteiger partial charge is 0.300 e. The van der Waals surface area contributed by atoms with Crippen LogP contribution in [-0.4, -0.2) is 17.5 Å². The van der Waals surface area contributed by atoms with Gasteiger partial charge in [0.15, 0.2) is 10.7 Å². The predicted molar refractivity (Wildman–Crippen MR) is 46.7 cm³/mol. The van der Waals surface area contributed by atoms with E-state index in [-0.39, 0.29) is 0 Å². The molecule has 0 radical (unpaired) electrons. The van der Waals surface area contributed by atoms with Crippen molar-refractivity contribution in [3.05, 3.63) is 23.3 Å². The maximum absolute atomic E-state index is 13.3. The van der Waals surface area contributed by atoms with Crippen LogP contribution in [0.25, 0.3) is 0 Å². The first-order valence-corrected chi connectivity index (χ1v) is 6.24. The van der Waals surface area contributed by atoms with Gasteiger partial charge in [-0.25, -0.2) is 8.78 Å². The molecule has 0 spiro atoms. The summed E-state index contributed by atoms with van der Waals surface area (Å²) < 4.78 is 92.2. The molecule has 1 atom stereocenters. The van der Waals surface area contributed by atoms with Crippen molar-refractivity contribution in [1.29, 1.82) is 0 Å². The summed E-state index contributed by atoms with van der Waals surface area (Å²) >= 11 is -2.95. The van der Waals surface area contributed by atoms with Gasteiger partial charge in [0.05, 0.1) is 11.4 Å². The Labute approximate surface area is 95.3 Å². The number of nitrogens with two attached hydrogens (primary N) is 1. The molecule has 3 N–H and O–H groups in total. The van der Waals surface area contributed by atoms with Gasteiger partial charge in [0.25, 0.3) is 0 Å². The van der Waals surface area contributed by atoms with Crippen molar-refractivity contribution in [2.75, 3.05) is 0 Å². The summed E-state index contributed by atoms with van der Waals surface area (Å²) in [6.07, 6.45) is 0. The van der Waals surface area contributed by atoms with Crippen LogP contribution in [0.3, 0.4) is 0 Å². The standard InChI is InChI=1S/C6H3F4NO4S2/c7-1-2(8)5(16(11)12)4(10)6(3(1)9)17(13,14)15/h11H2,(H,13,14,15). The Hall–Kier alpha value is -0.880. The number of halogens is 4. The lowest BCUT2D eigenvalue weighted by atomic mass is 10.3. The fourth-order valence-electron chi connectivity index (χ4n) is 0.995. The molecule has 0 aliphatic heterocycles. The van der Waals surface area contributed by atoms with Gasteiger partial charge in [-0.2, -0.15) is 17.2 Å². The Balaban J connectivity index is 3.88. The van der Waals surface area contributed by atoms with Crippen LogP contribution in [0.1, 0.15) is 0 Å². The molecule has 5 nitrogen and oxygen atoms in total. The molecule has 17 heavy (non-hydrogen) atoms. The minimum Gasteiger partial charge on any atom is -0.593 e. The SMILES string of the molecule is N[S+]([O-])c1c(F)c(F)c(F)c(S(=O)(=O)O)c1F. The Kier molecular flexibility index (Phi) is 3.69. The van der Waals surface area contributed by atoms with Gasteiger partial charge in [-0.1, -0.05) is 0 Å². The number of hydrogen-bond acceptors (Lipinski definition) is 4. The maximum Gasteiger partial charge on any atom is 0.300 e. The van der Waals surface area contributed by atoms with Gasteiger partial charge < -0.3 is 4.55 Å².